The maximum atomic E-state index is 12.5. The number of aliphatic carboxylic acids is 2. The second-order valence-electron chi connectivity index (χ2n) is 10.2. The third-order valence-electron chi connectivity index (χ3n) is 6.89. The fourth-order valence-corrected chi connectivity index (χ4v) is 4.73. The number of hydrogen-bond acceptors (Lipinski definition) is 9. The Morgan fingerprint density at radius 1 is 1.02 bits per heavy atom. The summed E-state index contributed by atoms with van der Waals surface area (Å²) in [6.07, 6.45) is 9.50. The number of pyridine rings is 1. The van der Waals surface area contributed by atoms with Crippen molar-refractivity contribution in [3.63, 3.8) is 0 Å². The molecule has 0 unspecified atom stereocenters. The van der Waals surface area contributed by atoms with E-state index in [1.54, 1.807) is 43.9 Å². The Morgan fingerprint density at radius 3 is 2.43 bits per heavy atom. The first-order chi connectivity index (χ1) is 22.2. The van der Waals surface area contributed by atoms with E-state index in [-0.39, 0.29) is 18.8 Å². The van der Waals surface area contributed by atoms with Crippen LogP contribution in [0.1, 0.15) is 49.3 Å². The van der Waals surface area contributed by atoms with E-state index in [0.717, 1.165) is 36.8 Å². The van der Waals surface area contributed by atoms with Crippen LogP contribution < -0.4 is 23.7 Å². The lowest BCUT2D eigenvalue weighted by Gasteiger charge is -2.17. The highest BCUT2D eigenvalue weighted by Gasteiger charge is 2.22. The fraction of sp³-hybridized carbons (Fsp3) is 0.294. The molecule has 46 heavy (non-hydrogen) atoms. The molecular formula is C34H37N3O9. The maximum Gasteiger partial charge on any atom is 0.331 e. The molecule has 0 atom stereocenters. The Bertz CT molecular complexity index is 1680. The Hall–Kier alpha value is -5.52. The van der Waals surface area contributed by atoms with Crippen molar-refractivity contribution < 1.29 is 43.5 Å². The number of methoxy groups -OCH3 is 2. The van der Waals surface area contributed by atoms with Crippen LogP contribution in [0.4, 0.5) is 0 Å². The molecule has 1 aliphatic rings. The highest BCUT2D eigenvalue weighted by atomic mass is 16.7. The van der Waals surface area contributed by atoms with Gasteiger partial charge in [-0.15, -0.1) is 0 Å². The molecule has 12 nitrogen and oxygen atoms in total. The highest BCUT2D eigenvalue weighted by molar-refractivity contribution is 5.92. The van der Waals surface area contributed by atoms with Crippen molar-refractivity contribution in [2.24, 2.45) is 0 Å². The minimum Gasteiger partial charge on any atom is -0.497 e. The standard InChI is InChI=1S/C32H33N3O7.C2H4O2/c1-4-5-8-31-34-18-24(13-23(32(36)37)12-22-14-29-30(42-20-41-29)16-27(22)39-3)35(31)26-10-9-25(38-2)15-28(26)40-19-21-7-6-11-33-17-21;1-2(3)4/h6-7,9-11,13-18H,4-5,8,12,19-20H2,1-3H3,(H,36,37);1H3,(H,3,4)/b23-13+;. The summed E-state index contributed by atoms with van der Waals surface area (Å²) in [4.78, 5) is 30.4. The SMILES string of the molecule is CC(=O)O.CCCCc1ncc(/C=C(\Cc2cc3c(cc2OC)OCO3)C(=O)O)n1-c1ccc(OC)cc1OCc1cccnc1. The monoisotopic (exact) mass is 631 g/mol. The summed E-state index contributed by atoms with van der Waals surface area (Å²) >= 11 is 0. The zero-order valence-electron chi connectivity index (χ0n) is 26.2. The number of rotatable bonds is 13. The average Bonchev–Trinajstić information content (AvgIpc) is 3.68. The number of hydrogen-bond donors (Lipinski definition) is 2. The lowest BCUT2D eigenvalue weighted by molar-refractivity contribution is -0.134. The van der Waals surface area contributed by atoms with Crippen molar-refractivity contribution in [3.8, 4) is 34.4 Å². The average molecular weight is 632 g/mol. The van der Waals surface area contributed by atoms with Gasteiger partial charge in [-0.1, -0.05) is 19.4 Å². The molecule has 0 bridgehead atoms. The molecule has 242 valence electrons. The van der Waals surface area contributed by atoms with E-state index in [2.05, 4.69) is 11.9 Å². The Kier molecular flexibility index (Phi) is 11.6. The van der Waals surface area contributed by atoms with Crippen LogP contribution in [0.15, 0.2) is 66.6 Å². The molecule has 0 aliphatic carbocycles. The number of carboxylic acid groups (broad SMARTS) is 2. The number of benzene rings is 2. The number of ether oxygens (including phenoxy) is 5. The highest BCUT2D eigenvalue weighted by Crippen LogP contribution is 2.39. The van der Waals surface area contributed by atoms with Crippen LogP contribution in [-0.4, -0.2) is 57.7 Å². The molecular weight excluding hydrogens is 594 g/mol. The largest absolute Gasteiger partial charge is 0.497 e. The first kappa shape index (κ1) is 33.4. The molecule has 3 heterocycles. The van der Waals surface area contributed by atoms with Crippen molar-refractivity contribution in [2.75, 3.05) is 21.0 Å². The van der Waals surface area contributed by atoms with Gasteiger partial charge in [0, 0.05) is 61.0 Å². The molecule has 5 rings (SSSR count). The van der Waals surface area contributed by atoms with Gasteiger partial charge in [0.1, 0.15) is 29.7 Å². The van der Waals surface area contributed by atoms with E-state index in [1.807, 2.05) is 34.9 Å². The Balaban J connectivity index is 0.00000113. The molecule has 0 fully saturated rings. The Morgan fingerprint density at radius 2 is 1.78 bits per heavy atom. The number of imidazole rings is 1. The van der Waals surface area contributed by atoms with Crippen molar-refractivity contribution in [2.45, 2.75) is 46.1 Å². The predicted molar refractivity (Wildman–Crippen MR) is 169 cm³/mol. The molecule has 0 saturated carbocycles. The Labute approximate surface area is 266 Å². The summed E-state index contributed by atoms with van der Waals surface area (Å²) in [7, 11) is 3.14. The molecule has 0 radical (unpaired) electrons. The molecule has 0 amide bonds. The molecule has 12 heteroatoms. The third-order valence-corrected chi connectivity index (χ3v) is 6.89. The molecule has 4 aromatic rings. The van der Waals surface area contributed by atoms with E-state index in [0.29, 0.717) is 53.0 Å². The van der Waals surface area contributed by atoms with Gasteiger partial charge in [0.15, 0.2) is 11.5 Å². The second-order valence-corrected chi connectivity index (χ2v) is 10.2. The summed E-state index contributed by atoms with van der Waals surface area (Å²) in [6.45, 7) is 3.60. The van der Waals surface area contributed by atoms with Crippen molar-refractivity contribution in [3.05, 3.63) is 89.3 Å². The summed E-state index contributed by atoms with van der Waals surface area (Å²) in [6, 6.07) is 12.8. The van der Waals surface area contributed by atoms with E-state index < -0.39 is 11.9 Å². The van der Waals surface area contributed by atoms with Crippen molar-refractivity contribution in [1.29, 1.82) is 0 Å². The van der Waals surface area contributed by atoms with E-state index in [9.17, 15) is 9.90 Å². The first-order valence-corrected chi connectivity index (χ1v) is 14.6. The molecule has 2 N–H and O–H groups in total. The van der Waals surface area contributed by atoms with Gasteiger partial charge in [-0.2, -0.15) is 0 Å². The minimum absolute atomic E-state index is 0.0948. The van der Waals surface area contributed by atoms with Gasteiger partial charge < -0.3 is 33.9 Å². The van der Waals surface area contributed by atoms with Crippen LogP contribution in [0.5, 0.6) is 28.7 Å². The van der Waals surface area contributed by atoms with Gasteiger partial charge in [-0.3, -0.25) is 14.3 Å². The number of unbranched alkanes of at least 4 members (excludes halogenated alkanes) is 1. The van der Waals surface area contributed by atoms with Crippen LogP contribution in [0.25, 0.3) is 11.8 Å². The summed E-state index contributed by atoms with van der Waals surface area (Å²) in [5.41, 5.74) is 3.06. The van der Waals surface area contributed by atoms with Gasteiger partial charge in [0.2, 0.25) is 6.79 Å². The lowest BCUT2D eigenvalue weighted by Crippen LogP contribution is -2.09. The van der Waals surface area contributed by atoms with Crippen LogP contribution in [-0.2, 0) is 29.0 Å². The van der Waals surface area contributed by atoms with E-state index in [4.69, 9.17) is 38.6 Å². The van der Waals surface area contributed by atoms with Gasteiger partial charge in [-0.25, -0.2) is 9.78 Å². The fourth-order valence-electron chi connectivity index (χ4n) is 4.73. The van der Waals surface area contributed by atoms with Crippen LogP contribution in [0, 0.1) is 0 Å². The van der Waals surface area contributed by atoms with Crippen LogP contribution >= 0.6 is 0 Å². The quantitative estimate of drug-likeness (QED) is 0.174. The van der Waals surface area contributed by atoms with Gasteiger partial charge in [0.05, 0.1) is 31.8 Å². The summed E-state index contributed by atoms with van der Waals surface area (Å²) in [5.74, 6) is 1.74. The van der Waals surface area contributed by atoms with Gasteiger partial charge in [0.25, 0.3) is 5.97 Å². The number of carboxylic acids is 2. The predicted octanol–water partition coefficient (Wildman–Crippen LogP) is 5.74. The van der Waals surface area contributed by atoms with E-state index in [1.165, 1.54) is 7.11 Å². The maximum absolute atomic E-state index is 12.5. The molecule has 2 aromatic carbocycles. The number of fused-ring (bicyclic) bond motifs is 1. The van der Waals surface area contributed by atoms with Crippen LogP contribution in [0.3, 0.4) is 0 Å². The molecule has 1 aliphatic heterocycles. The van der Waals surface area contributed by atoms with Gasteiger partial charge in [-0.05, 0) is 36.8 Å². The van der Waals surface area contributed by atoms with Crippen molar-refractivity contribution >= 4 is 18.0 Å². The molecule has 0 spiro atoms. The molecule has 0 saturated heterocycles. The number of carbonyl (C=O) groups is 2. The second kappa shape index (κ2) is 16.0. The molecule has 2 aromatic heterocycles. The topological polar surface area (TPSA) is 151 Å². The smallest absolute Gasteiger partial charge is 0.331 e. The zero-order valence-corrected chi connectivity index (χ0v) is 26.2. The van der Waals surface area contributed by atoms with Crippen LogP contribution in [0.2, 0.25) is 0 Å². The minimum atomic E-state index is -1.06. The zero-order chi connectivity index (χ0) is 33.1. The third kappa shape index (κ3) is 8.56. The number of aromatic nitrogens is 3. The summed E-state index contributed by atoms with van der Waals surface area (Å²) in [5, 5.41) is 17.7. The number of aryl methyl sites for hydroxylation is 1. The van der Waals surface area contributed by atoms with Gasteiger partial charge >= 0.3 is 5.97 Å². The number of nitrogens with zero attached hydrogens (tertiary/aromatic N) is 3. The van der Waals surface area contributed by atoms with E-state index >= 15 is 0 Å². The lowest BCUT2D eigenvalue weighted by atomic mass is 10.0. The first-order valence-electron chi connectivity index (χ1n) is 14.6. The van der Waals surface area contributed by atoms with Crippen molar-refractivity contribution in [1.82, 2.24) is 14.5 Å². The summed E-state index contributed by atoms with van der Waals surface area (Å²) < 4.78 is 30.2. The normalized spacial score (nSPS) is 11.8.